The number of carbonyl (C=O) groups is 1. The lowest BCUT2D eigenvalue weighted by Crippen LogP contribution is -2.10. The van der Waals surface area contributed by atoms with E-state index in [2.05, 4.69) is 23.8 Å². The molecule has 0 spiro atoms. The fraction of sp³-hybridized carbons (Fsp3) is 0.452. The van der Waals surface area contributed by atoms with E-state index in [-0.39, 0.29) is 6.01 Å². The molecule has 0 amide bonds. The second kappa shape index (κ2) is 15.7. The average Bonchev–Trinajstić information content (AvgIpc) is 2.92. The Bertz CT molecular complexity index is 1020. The molecule has 1 aromatic heterocycles. The van der Waals surface area contributed by atoms with E-state index in [0.29, 0.717) is 5.56 Å². The van der Waals surface area contributed by atoms with Crippen LogP contribution >= 0.6 is 0 Å². The summed E-state index contributed by atoms with van der Waals surface area (Å²) in [5, 5.41) is 0. The van der Waals surface area contributed by atoms with Crippen LogP contribution in [0.3, 0.4) is 0 Å². The zero-order valence-electron chi connectivity index (χ0n) is 21.9. The largest absolute Gasteiger partial charge is 0.494 e. The van der Waals surface area contributed by atoms with Gasteiger partial charge < -0.3 is 9.47 Å². The number of aryl methyl sites for hydroxylation is 1. The number of unbranched alkanes of at least 4 members (excludes halogenated alkanes) is 8. The minimum absolute atomic E-state index is 0.0843. The molecule has 0 saturated carbocycles. The Balaban J connectivity index is 1.45. The number of carbonyl (C=O) groups excluding carboxylic acids is 1. The predicted octanol–water partition coefficient (Wildman–Crippen LogP) is 8.22. The van der Waals surface area contributed by atoms with Crippen molar-refractivity contribution in [3.05, 3.63) is 72.1 Å². The zero-order chi connectivity index (χ0) is 25.4. The van der Waals surface area contributed by atoms with Crippen molar-refractivity contribution in [1.29, 1.82) is 0 Å². The van der Waals surface area contributed by atoms with Gasteiger partial charge in [0.2, 0.25) is 0 Å². The molecule has 3 aromatic rings. The zero-order valence-corrected chi connectivity index (χ0v) is 21.9. The molecule has 0 saturated heterocycles. The van der Waals surface area contributed by atoms with Gasteiger partial charge in [-0.25, -0.2) is 14.8 Å². The molecule has 0 fully saturated rings. The van der Waals surface area contributed by atoms with Crippen LogP contribution in [-0.4, -0.2) is 22.5 Å². The van der Waals surface area contributed by atoms with Gasteiger partial charge in [0.1, 0.15) is 5.75 Å². The molecule has 2 aromatic carbocycles. The molecule has 1 heterocycles. The highest BCUT2D eigenvalue weighted by atomic mass is 16.5. The van der Waals surface area contributed by atoms with Crippen LogP contribution in [0.2, 0.25) is 0 Å². The molecule has 5 heteroatoms. The highest BCUT2D eigenvalue weighted by Gasteiger charge is 2.11. The van der Waals surface area contributed by atoms with Gasteiger partial charge in [-0.05, 0) is 60.2 Å². The summed E-state index contributed by atoms with van der Waals surface area (Å²) in [6.07, 6.45) is 16.8. The summed E-state index contributed by atoms with van der Waals surface area (Å²) < 4.78 is 11.2. The third-order valence-electron chi connectivity index (χ3n) is 6.26. The van der Waals surface area contributed by atoms with Crippen LogP contribution < -0.4 is 9.47 Å². The van der Waals surface area contributed by atoms with Gasteiger partial charge in [-0.2, -0.15) is 0 Å². The third kappa shape index (κ3) is 9.44. The number of hydrogen-bond donors (Lipinski definition) is 0. The van der Waals surface area contributed by atoms with Crippen molar-refractivity contribution in [3.63, 3.8) is 0 Å². The first-order valence-corrected chi connectivity index (χ1v) is 13.6. The van der Waals surface area contributed by atoms with Crippen LogP contribution in [0.25, 0.3) is 11.1 Å². The third-order valence-corrected chi connectivity index (χ3v) is 6.26. The lowest BCUT2D eigenvalue weighted by Gasteiger charge is -2.08. The summed E-state index contributed by atoms with van der Waals surface area (Å²) in [6, 6.07) is 15.5. The summed E-state index contributed by atoms with van der Waals surface area (Å²) in [5.74, 6) is 0.422. The Kier molecular flexibility index (Phi) is 12.0. The van der Waals surface area contributed by atoms with Crippen LogP contribution in [0.15, 0.2) is 60.9 Å². The first-order valence-electron chi connectivity index (χ1n) is 13.6. The maximum Gasteiger partial charge on any atom is 0.345 e. The quantitative estimate of drug-likeness (QED) is 0.150. The maximum absolute atomic E-state index is 12.5. The minimum atomic E-state index is -0.461. The van der Waals surface area contributed by atoms with Gasteiger partial charge in [0.15, 0.2) is 0 Å². The molecule has 5 nitrogen and oxygen atoms in total. The van der Waals surface area contributed by atoms with Gasteiger partial charge in [0.05, 0.1) is 12.2 Å². The minimum Gasteiger partial charge on any atom is -0.494 e. The van der Waals surface area contributed by atoms with E-state index in [4.69, 9.17) is 9.47 Å². The van der Waals surface area contributed by atoms with Gasteiger partial charge in [-0.1, -0.05) is 89.5 Å². The molecule has 0 aliphatic heterocycles. The second-order valence-corrected chi connectivity index (χ2v) is 9.29. The van der Waals surface area contributed by atoms with Crippen LogP contribution in [0.5, 0.6) is 11.8 Å². The van der Waals surface area contributed by atoms with Crippen LogP contribution in [0, 0.1) is 0 Å². The number of benzene rings is 2. The second-order valence-electron chi connectivity index (χ2n) is 9.29. The number of aromatic nitrogens is 2. The van der Waals surface area contributed by atoms with E-state index < -0.39 is 5.97 Å². The van der Waals surface area contributed by atoms with Crippen LogP contribution in [-0.2, 0) is 6.42 Å². The summed E-state index contributed by atoms with van der Waals surface area (Å²) >= 11 is 0. The Morgan fingerprint density at radius 2 is 1.25 bits per heavy atom. The van der Waals surface area contributed by atoms with Crippen LogP contribution in [0.4, 0.5) is 0 Å². The summed E-state index contributed by atoms with van der Waals surface area (Å²) in [4.78, 5) is 21.0. The number of esters is 1. The number of nitrogens with zero attached hydrogens (tertiary/aromatic N) is 2. The van der Waals surface area contributed by atoms with E-state index in [1.54, 1.807) is 24.5 Å². The fourth-order valence-electron chi connectivity index (χ4n) is 4.04. The monoisotopic (exact) mass is 488 g/mol. The molecule has 0 aliphatic carbocycles. The molecule has 36 heavy (non-hydrogen) atoms. The molecule has 0 bridgehead atoms. The van der Waals surface area contributed by atoms with Gasteiger partial charge in [0, 0.05) is 12.4 Å². The number of hydrogen-bond acceptors (Lipinski definition) is 5. The van der Waals surface area contributed by atoms with Gasteiger partial charge in [0.25, 0.3) is 0 Å². The lowest BCUT2D eigenvalue weighted by atomic mass is 10.0. The standard InChI is InChI=1S/C31H40N2O3/c1-3-5-7-9-10-11-13-25-23-32-31(33-24-25)36-30(34)28-16-14-26(15-17-28)27-18-20-29(21-19-27)35-22-12-8-6-4-2/h14-21,23-24H,3-13,22H2,1-2H3. The fourth-order valence-corrected chi connectivity index (χ4v) is 4.04. The van der Waals surface area contributed by atoms with Gasteiger partial charge in [-0.3, -0.25) is 0 Å². The lowest BCUT2D eigenvalue weighted by molar-refractivity contribution is 0.0719. The van der Waals surface area contributed by atoms with Gasteiger partial charge >= 0.3 is 12.0 Å². The maximum atomic E-state index is 12.5. The summed E-state index contributed by atoms with van der Waals surface area (Å²) in [7, 11) is 0. The van der Waals surface area contributed by atoms with Crippen molar-refractivity contribution < 1.29 is 14.3 Å². The summed E-state index contributed by atoms with van der Waals surface area (Å²) in [5.41, 5.74) is 3.63. The Hall–Kier alpha value is -3.21. The molecule has 0 radical (unpaired) electrons. The van der Waals surface area contributed by atoms with E-state index >= 15 is 0 Å². The Labute approximate surface area is 216 Å². The van der Waals surface area contributed by atoms with E-state index in [1.807, 2.05) is 36.4 Å². The Morgan fingerprint density at radius 1 is 0.694 bits per heavy atom. The molecule has 3 rings (SSSR count). The SMILES string of the molecule is CCCCCCCCc1cnc(OC(=O)c2ccc(-c3ccc(OCCCCCC)cc3)cc2)nc1. The van der Waals surface area contributed by atoms with E-state index in [1.165, 1.54) is 51.4 Å². The molecule has 0 atom stereocenters. The number of rotatable bonds is 16. The molecule has 0 unspecified atom stereocenters. The predicted molar refractivity (Wildman–Crippen MR) is 146 cm³/mol. The first kappa shape index (κ1) is 27.4. The van der Waals surface area contributed by atoms with Crippen LogP contribution in [0.1, 0.15) is 94.0 Å². The number of ether oxygens (including phenoxy) is 2. The van der Waals surface area contributed by atoms with E-state index in [9.17, 15) is 4.79 Å². The van der Waals surface area contributed by atoms with Crippen molar-refractivity contribution in [1.82, 2.24) is 9.97 Å². The Morgan fingerprint density at radius 3 is 1.89 bits per heavy atom. The summed E-state index contributed by atoms with van der Waals surface area (Å²) in [6.45, 7) is 5.19. The van der Waals surface area contributed by atoms with Crippen molar-refractivity contribution in [3.8, 4) is 22.9 Å². The smallest absolute Gasteiger partial charge is 0.345 e. The van der Waals surface area contributed by atoms with Crippen molar-refractivity contribution in [2.24, 2.45) is 0 Å². The molecule has 192 valence electrons. The first-order chi connectivity index (χ1) is 17.7. The van der Waals surface area contributed by atoms with Gasteiger partial charge in [-0.15, -0.1) is 0 Å². The van der Waals surface area contributed by atoms with Crippen molar-refractivity contribution in [2.75, 3.05) is 6.61 Å². The van der Waals surface area contributed by atoms with Crippen molar-refractivity contribution in [2.45, 2.75) is 84.5 Å². The molecular formula is C31H40N2O3. The molecule has 0 aliphatic rings. The molecular weight excluding hydrogens is 448 g/mol. The highest BCUT2D eigenvalue weighted by Crippen LogP contribution is 2.23. The average molecular weight is 489 g/mol. The highest BCUT2D eigenvalue weighted by molar-refractivity contribution is 5.91. The molecule has 0 N–H and O–H groups in total. The topological polar surface area (TPSA) is 61.3 Å². The van der Waals surface area contributed by atoms with Crippen molar-refractivity contribution >= 4 is 5.97 Å². The van der Waals surface area contributed by atoms with E-state index in [0.717, 1.165) is 48.3 Å². The normalized spacial score (nSPS) is 10.8.